The van der Waals surface area contributed by atoms with Crippen molar-refractivity contribution in [3.63, 3.8) is 0 Å². The van der Waals surface area contributed by atoms with Gasteiger partial charge in [0.05, 0.1) is 6.21 Å². The Morgan fingerprint density at radius 1 is 1.60 bits per heavy atom. The highest BCUT2D eigenvalue weighted by molar-refractivity contribution is 5.79. The molecule has 0 aliphatic carbocycles. The lowest BCUT2D eigenvalue weighted by atomic mass is 10.4. The van der Waals surface area contributed by atoms with Crippen LogP contribution in [0.3, 0.4) is 0 Å². The van der Waals surface area contributed by atoms with Crippen LogP contribution in [-0.4, -0.2) is 12.9 Å². The molecule has 0 spiro atoms. The van der Waals surface area contributed by atoms with Crippen LogP contribution in [0, 0.1) is 0 Å². The summed E-state index contributed by atoms with van der Waals surface area (Å²) in [7, 11) is 0. The van der Waals surface area contributed by atoms with Crippen molar-refractivity contribution in [1.29, 1.82) is 0 Å². The van der Waals surface area contributed by atoms with Crippen molar-refractivity contribution in [3.8, 4) is 0 Å². The Labute approximate surface area is 58.3 Å². The molecule has 10 heavy (non-hydrogen) atoms. The van der Waals surface area contributed by atoms with Crippen LogP contribution in [-0.2, 0) is 4.74 Å². The normalized spacial score (nSPS) is 20.8. The number of hydrogen-bond acceptors (Lipinski definition) is 4. The Morgan fingerprint density at radius 2 is 2.60 bits per heavy atom. The lowest BCUT2D eigenvalue weighted by molar-refractivity contribution is 0.298. The zero-order valence-electron chi connectivity index (χ0n) is 5.29. The first kappa shape index (κ1) is 5.34. The van der Waals surface area contributed by atoms with Crippen molar-refractivity contribution < 1.29 is 4.74 Å². The number of hydrogen-bond donors (Lipinski definition) is 2. The molecule has 0 unspecified atom stereocenters. The van der Waals surface area contributed by atoms with E-state index in [1.165, 1.54) is 0 Å². The standard InChI is InChI=1S/C6H7N3O/c1-2-10-6-5(8-1)3-7-4-9-6/h1-3,8-9H,4H2. The fraction of sp³-hybridized carbons (Fsp3) is 0.167. The van der Waals surface area contributed by atoms with Crippen molar-refractivity contribution in [3.05, 3.63) is 24.0 Å². The van der Waals surface area contributed by atoms with Gasteiger partial charge in [-0.3, -0.25) is 4.99 Å². The number of nitrogens with zero attached hydrogens (tertiary/aromatic N) is 1. The summed E-state index contributed by atoms with van der Waals surface area (Å²) < 4.78 is 5.12. The van der Waals surface area contributed by atoms with E-state index >= 15 is 0 Å². The Kier molecular flexibility index (Phi) is 1.10. The van der Waals surface area contributed by atoms with Crippen LogP contribution in [0.1, 0.15) is 0 Å². The van der Waals surface area contributed by atoms with Crippen LogP contribution in [0.5, 0.6) is 0 Å². The second-order valence-electron chi connectivity index (χ2n) is 1.95. The SMILES string of the molecule is C1=COC2=C(C=NCN2)N1. The third-order valence-corrected chi connectivity index (χ3v) is 1.29. The molecule has 0 aromatic heterocycles. The average molecular weight is 137 g/mol. The minimum Gasteiger partial charge on any atom is -0.445 e. The summed E-state index contributed by atoms with van der Waals surface area (Å²) in [5, 5.41) is 5.95. The van der Waals surface area contributed by atoms with Crippen molar-refractivity contribution in [2.45, 2.75) is 0 Å². The van der Waals surface area contributed by atoms with E-state index in [1.54, 1.807) is 18.7 Å². The molecule has 4 heteroatoms. The summed E-state index contributed by atoms with van der Waals surface area (Å²) in [5.41, 5.74) is 0.883. The first-order valence-electron chi connectivity index (χ1n) is 3.03. The van der Waals surface area contributed by atoms with Gasteiger partial charge in [-0.25, -0.2) is 0 Å². The molecule has 2 aliphatic heterocycles. The van der Waals surface area contributed by atoms with Crippen molar-refractivity contribution >= 4 is 6.21 Å². The zero-order chi connectivity index (χ0) is 6.81. The number of nitrogens with one attached hydrogen (secondary N) is 2. The molecule has 52 valence electrons. The maximum atomic E-state index is 5.12. The van der Waals surface area contributed by atoms with Gasteiger partial charge < -0.3 is 15.4 Å². The first-order valence-corrected chi connectivity index (χ1v) is 3.03. The number of rotatable bonds is 0. The summed E-state index contributed by atoms with van der Waals surface area (Å²) in [6.07, 6.45) is 5.05. The van der Waals surface area contributed by atoms with Crippen molar-refractivity contribution in [2.24, 2.45) is 4.99 Å². The zero-order valence-corrected chi connectivity index (χ0v) is 5.29. The van der Waals surface area contributed by atoms with Gasteiger partial charge in [-0.1, -0.05) is 0 Å². The summed E-state index contributed by atoms with van der Waals surface area (Å²) in [6.45, 7) is 0.592. The van der Waals surface area contributed by atoms with E-state index in [-0.39, 0.29) is 0 Å². The fourth-order valence-electron chi connectivity index (χ4n) is 0.842. The summed E-state index contributed by atoms with van der Waals surface area (Å²) in [4.78, 5) is 3.99. The smallest absolute Gasteiger partial charge is 0.219 e. The van der Waals surface area contributed by atoms with Gasteiger partial charge >= 0.3 is 0 Å². The Morgan fingerprint density at radius 3 is 3.50 bits per heavy atom. The molecule has 0 amide bonds. The third-order valence-electron chi connectivity index (χ3n) is 1.29. The van der Waals surface area contributed by atoms with Gasteiger partial charge in [0.15, 0.2) is 0 Å². The molecule has 0 aromatic rings. The van der Waals surface area contributed by atoms with Crippen LogP contribution in [0.25, 0.3) is 0 Å². The molecule has 2 rings (SSSR count). The van der Waals surface area contributed by atoms with E-state index in [2.05, 4.69) is 15.6 Å². The van der Waals surface area contributed by atoms with Gasteiger partial charge in [-0.2, -0.15) is 0 Å². The summed E-state index contributed by atoms with van der Waals surface area (Å²) in [5.74, 6) is 0.748. The predicted molar refractivity (Wildman–Crippen MR) is 36.9 cm³/mol. The number of ether oxygens (including phenoxy) is 1. The monoisotopic (exact) mass is 137 g/mol. The van der Waals surface area contributed by atoms with Gasteiger partial charge in [-0.15, -0.1) is 0 Å². The van der Waals surface area contributed by atoms with Gasteiger partial charge in [0.25, 0.3) is 0 Å². The molecule has 2 heterocycles. The molecule has 2 N–H and O–H groups in total. The molecule has 4 nitrogen and oxygen atoms in total. The minimum absolute atomic E-state index is 0.592. The maximum absolute atomic E-state index is 5.12. The Hall–Kier alpha value is -1.45. The molecule has 0 atom stereocenters. The third kappa shape index (κ3) is 0.737. The lowest BCUT2D eigenvalue weighted by Crippen LogP contribution is -2.28. The second-order valence-corrected chi connectivity index (χ2v) is 1.95. The van der Waals surface area contributed by atoms with E-state index in [0.717, 1.165) is 11.6 Å². The largest absolute Gasteiger partial charge is 0.445 e. The molecule has 2 aliphatic rings. The molecular weight excluding hydrogens is 130 g/mol. The molecule has 0 saturated carbocycles. The number of allylic oxidation sites excluding steroid dienone is 1. The maximum Gasteiger partial charge on any atom is 0.219 e. The van der Waals surface area contributed by atoms with E-state index < -0.39 is 0 Å². The van der Waals surface area contributed by atoms with E-state index in [0.29, 0.717) is 6.67 Å². The van der Waals surface area contributed by atoms with Gasteiger partial charge in [0.2, 0.25) is 5.88 Å². The molecule has 0 radical (unpaired) electrons. The topological polar surface area (TPSA) is 45.6 Å². The quantitative estimate of drug-likeness (QED) is 0.489. The van der Waals surface area contributed by atoms with Crippen LogP contribution in [0.15, 0.2) is 29.0 Å². The first-order chi connectivity index (χ1) is 4.97. The minimum atomic E-state index is 0.592. The van der Waals surface area contributed by atoms with E-state index in [4.69, 9.17) is 4.74 Å². The molecule has 0 aromatic carbocycles. The molecular formula is C6H7N3O. The Bertz CT molecular complexity index is 229. The van der Waals surface area contributed by atoms with E-state index in [1.807, 2.05) is 0 Å². The van der Waals surface area contributed by atoms with Gasteiger partial charge in [0.1, 0.15) is 18.6 Å². The highest BCUT2D eigenvalue weighted by atomic mass is 16.5. The van der Waals surface area contributed by atoms with Gasteiger partial charge in [-0.05, 0) is 0 Å². The van der Waals surface area contributed by atoms with E-state index in [9.17, 15) is 0 Å². The van der Waals surface area contributed by atoms with Crippen LogP contribution >= 0.6 is 0 Å². The van der Waals surface area contributed by atoms with Crippen molar-refractivity contribution in [2.75, 3.05) is 6.67 Å². The highest BCUT2D eigenvalue weighted by Gasteiger charge is 2.09. The number of aliphatic imine (C=N–C) groups is 1. The highest BCUT2D eigenvalue weighted by Crippen LogP contribution is 2.06. The molecule has 0 bridgehead atoms. The second kappa shape index (κ2) is 2.06. The van der Waals surface area contributed by atoms with Crippen LogP contribution in [0.4, 0.5) is 0 Å². The average Bonchev–Trinajstić information content (AvgIpc) is 2.05. The lowest BCUT2D eigenvalue weighted by Gasteiger charge is -2.18. The van der Waals surface area contributed by atoms with Crippen LogP contribution < -0.4 is 10.6 Å². The fourth-order valence-corrected chi connectivity index (χ4v) is 0.842. The van der Waals surface area contributed by atoms with Crippen molar-refractivity contribution in [1.82, 2.24) is 10.6 Å². The van der Waals surface area contributed by atoms with Crippen LogP contribution in [0.2, 0.25) is 0 Å². The summed E-state index contributed by atoms with van der Waals surface area (Å²) >= 11 is 0. The summed E-state index contributed by atoms with van der Waals surface area (Å²) in [6, 6.07) is 0. The molecule has 0 saturated heterocycles. The molecule has 0 fully saturated rings. The van der Waals surface area contributed by atoms with Gasteiger partial charge in [0, 0.05) is 6.20 Å². The predicted octanol–water partition coefficient (Wildman–Crippen LogP) is -0.122. The Balaban J connectivity index is 2.25.